The first kappa shape index (κ1) is 28.9. The Bertz CT molecular complexity index is 1040. The van der Waals surface area contributed by atoms with Crippen molar-refractivity contribution in [2.24, 2.45) is 5.10 Å². The quantitative estimate of drug-likeness (QED) is 0.317. The Labute approximate surface area is 224 Å². The van der Waals surface area contributed by atoms with Gasteiger partial charge in [-0.2, -0.15) is 5.10 Å². The number of aliphatic hydroxyl groups is 1. The van der Waals surface area contributed by atoms with Gasteiger partial charge in [0.15, 0.2) is 0 Å². The highest BCUT2D eigenvalue weighted by molar-refractivity contribution is 6.32. The first-order valence-electron chi connectivity index (χ1n) is 12.7. The zero-order valence-electron chi connectivity index (χ0n) is 21.9. The SMILES string of the molecule is CC(C)(C)NCC(O)COc1ccc(CCOCCCOc2ccc(C3=NNC(=O)CC3)cc2Cl)cc1. The highest BCUT2D eigenvalue weighted by atomic mass is 35.5. The number of carbonyl (C=O) groups excluding carboxylic acids is 1. The molecule has 0 aromatic heterocycles. The van der Waals surface area contributed by atoms with Crippen LogP contribution < -0.4 is 20.2 Å². The van der Waals surface area contributed by atoms with Crippen LogP contribution in [0.2, 0.25) is 5.02 Å². The number of carbonyl (C=O) groups is 1. The molecule has 0 spiro atoms. The summed E-state index contributed by atoms with van der Waals surface area (Å²) in [6, 6.07) is 13.4. The van der Waals surface area contributed by atoms with Crippen molar-refractivity contribution < 1.29 is 24.1 Å². The second-order valence-electron chi connectivity index (χ2n) is 10.0. The van der Waals surface area contributed by atoms with E-state index in [0.29, 0.717) is 50.0 Å². The monoisotopic (exact) mass is 531 g/mol. The van der Waals surface area contributed by atoms with Crippen molar-refractivity contribution in [3.05, 3.63) is 58.6 Å². The van der Waals surface area contributed by atoms with E-state index < -0.39 is 6.10 Å². The van der Waals surface area contributed by atoms with Gasteiger partial charge in [0, 0.05) is 38.0 Å². The van der Waals surface area contributed by atoms with Crippen LogP contribution in [0.15, 0.2) is 47.6 Å². The van der Waals surface area contributed by atoms with E-state index in [1.807, 2.05) is 42.5 Å². The lowest BCUT2D eigenvalue weighted by Crippen LogP contribution is -2.42. The largest absolute Gasteiger partial charge is 0.492 e. The van der Waals surface area contributed by atoms with Gasteiger partial charge < -0.3 is 24.6 Å². The third-order valence-corrected chi connectivity index (χ3v) is 5.92. The number of ether oxygens (including phenoxy) is 3. The summed E-state index contributed by atoms with van der Waals surface area (Å²) in [5.74, 6) is 1.28. The first-order valence-corrected chi connectivity index (χ1v) is 13.1. The summed E-state index contributed by atoms with van der Waals surface area (Å²) in [6.45, 7) is 8.63. The molecule has 202 valence electrons. The summed E-state index contributed by atoms with van der Waals surface area (Å²) in [5.41, 5.74) is 5.31. The van der Waals surface area contributed by atoms with Crippen LogP contribution in [0.3, 0.4) is 0 Å². The molecule has 8 nitrogen and oxygen atoms in total. The summed E-state index contributed by atoms with van der Waals surface area (Å²) in [7, 11) is 0. The highest BCUT2D eigenvalue weighted by Crippen LogP contribution is 2.27. The van der Waals surface area contributed by atoms with Crippen molar-refractivity contribution >= 4 is 23.2 Å². The summed E-state index contributed by atoms with van der Waals surface area (Å²) in [6.07, 6.45) is 2.01. The average Bonchev–Trinajstić information content (AvgIpc) is 2.87. The van der Waals surface area contributed by atoms with Crippen molar-refractivity contribution in [2.75, 3.05) is 33.0 Å². The van der Waals surface area contributed by atoms with Gasteiger partial charge in [-0.25, -0.2) is 5.43 Å². The summed E-state index contributed by atoms with van der Waals surface area (Å²) < 4.78 is 17.2. The van der Waals surface area contributed by atoms with Crippen LogP contribution in [0, 0.1) is 0 Å². The molecular formula is C28H38ClN3O5. The van der Waals surface area contributed by atoms with Crippen molar-refractivity contribution in [1.82, 2.24) is 10.7 Å². The molecule has 1 aliphatic rings. The van der Waals surface area contributed by atoms with Crippen molar-refractivity contribution in [3.8, 4) is 11.5 Å². The molecule has 9 heteroatoms. The highest BCUT2D eigenvalue weighted by Gasteiger charge is 2.15. The number of hydrogen-bond donors (Lipinski definition) is 3. The van der Waals surface area contributed by atoms with Crippen LogP contribution in [-0.2, 0) is 16.0 Å². The smallest absolute Gasteiger partial charge is 0.240 e. The fourth-order valence-electron chi connectivity index (χ4n) is 3.54. The molecule has 0 saturated heterocycles. The van der Waals surface area contributed by atoms with Gasteiger partial charge in [0.05, 0.1) is 23.9 Å². The van der Waals surface area contributed by atoms with E-state index in [1.54, 1.807) is 0 Å². The maximum Gasteiger partial charge on any atom is 0.240 e. The Morgan fingerprint density at radius 3 is 2.54 bits per heavy atom. The molecule has 0 bridgehead atoms. The molecule has 0 saturated carbocycles. The molecule has 0 fully saturated rings. The molecule has 37 heavy (non-hydrogen) atoms. The van der Waals surface area contributed by atoms with E-state index in [4.69, 9.17) is 25.8 Å². The summed E-state index contributed by atoms with van der Waals surface area (Å²) in [5, 5.41) is 17.9. The minimum Gasteiger partial charge on any atom is -0.492 e. The van der Waals surface area contributed by atoms with Gasteiger partial charge in [0.25, 0.3) is 0 Å². The maximum absolute atomic E-state index is 11.2. The van der Waals surface area contributed by atoms with E-state index in [1.165, 1.54) is 0 Å². The van der Waals surface area contributed by atoms with Crippen LogP contribution in [0.4, 0.5) is 0 Å². The topological polar surface area (TPSA) is 101 Å². The zero-order valence-corrected chi connectivity index (χ0v) is 22.6. The second kappa shape index (κ2) is 14.3. The third-order valence-electron chi connectivity index (χ3n) is 5.63. The van der Waals surface area contributed by atoms with E-state index in [2.05, 4.69) is 36.6 Å². The molecule has 1 aliphatic heterocycles. The molecule has 1 heterocycles. The molecule has 2 aromatic rings. The zero-order chi connectivity index (χ0) is 26.7. The van der Waals surface area contributed by atoms with E-state index >= 15 is 0 Å². The van der Waals surface area contributed by atoms with Crippen molar-refractivity contribution in [1.29, 1.82) is 0 Å². The number of β-amino-alcohol motifs (C(OH)–C–C–N with tert-alkyl or cyclic N) is 1. The minimum absolute atomic E-state index is 0.0362. The van der Waals surface area contributed by atoms with Crippen LogP contribution in [0.25, 0.3) is 0 Å². The lowest BCUT2D eigenvalue weighted by Gasteiger charge is -2.23. The fraction of sp³-hybridized carbons (Fsp3) is 0.500. The minimum atomic E-state index is -0.561. The Kier molecular flexibility index (Phi) is 11.2. The first-order chi connectivity index (χ1) is 17.7. The van der Waals surface area contributed by atoms with Gasteiger partial charge in [-0.15, -0.1) is 0 Å². The fourth-order valence-corrected chi connectivity index (χ4v) is 3.78. The number of halogens is 1. The lowest BCUT2D eigenvalue weighted by atomic mass is 10.0. The molecule has 3 N–H and O–H groups in total. The van der Waals surface area contributed by atoms with Gasteiger partial charge in [0.2, 0.25) is 5.91 Å². The number of hydrazone groups is 1. The predicted octanol–water partition coefficient (Wildman–Crippen LogP) is 4.11. The number of benzene rings is 2. The Balaban J connectivity index is 1.27. The van der Waals surface area contributed by atoms with Gasteiger partial charge in [-0.1, -0.05) is 23.7 Å². The van der Waals surface area contributed by atoms with Crippen LogP contribution >= 0.6 is 11.6 Å². The van der Waals surface area contributed by atoms with Gasteiger partial charge in [-0.3, -0.25) is 4.79 Å². The van der Waals surface area contributed by atoms with Gasteiger partial charge in [0.1, 0.15) is 24.2 Å². The lowest BCUT2D eigenvalue weighted by molar-refractivity contribution is -0.121. The maximum atomic E-state index is 11.2. The average molecular weight is 532 g/mol. The van der Waals surface area contributed by atoms with Crippen LogP contribution in [0.1, 0.15) is 51.2 Å². The number of rotatable bonds is 14. The van der Waals surface area contributed by atoms with Crippen molar-refractivity contribution in [3.63, 3.8) is 0 Å². The standard InChI is InChI=1S/C28H38ClN3O5/c1-28(2,3)30-18-22(33)19-37-23-8-5-20(6-9-23)13-16-35-14-4-15-36-26-11-7-21(17-24(26)29)25-10-12-27(34)32-31-25/h5-9,11,17,22,30,33H,4,10,12-16,18-19H2,1-3H3,(H,32,34). The molecule has 1 atom stereocenters. The second-order valence-corrected chi connectivity index (χ2v) is 10.4. The number of nitrogens with zero attached hydrogens (tertiary/aromatic N) is 1. The van der Waals surface area contributed by atoms with Gasteiger partial charge in [-0.05, 0) is 68.7 Å². The number of amides is 1. The molecule has 1 amide bonds. The Morgan fingerprint density at radius 1 is 1.08 bits per heavy atom. The Hall–Kier alpha value is -2.65. The molecule has 3 rings (SSSR count). The molecule has 1 unspecified atom stereocenters. The van der Waals surface area contributed by atoms with Crippen molar-refractivity contribution in [2.45, 2.75) is 58.1 Å². The molecular weight excluding hydrogens is 494 g/mol. The predicted molar refractivity (Wildman–Crippen MR) is 146 cm³/mol. The molecule has 2 aromatic carbocycles. The van der Waals surface area contributed by atoms with E-state index in [-0.39, 0.29) is 18.1 Å². The summed E-state index contributed by atoms with van der Waals surface area (Å²) >= 11 is 6.36. The van der Waals surface area contributed by atoms with Gasteiger partial charge >= 0.3 is 0 Å². The molecule has 0 aliphatic carbocycles. The Morgan fingerprint density at radius 2 is 1.86 bits per heavy atom. The number of nitrogens with one attached hydrogen (secondary N) is 2. The third kappa shape index (κ3) is 10.7. The number of hydrogen-bond acceptors (Lipinski definition) is 7. The van der Waals surface area contributed by atoms with E-state index in [0.717, 1.165) is 35.4 Å². The van der Waals surface area contributed by atoms with E-state index in [9.17, 15) is 9.90 Å². The number of aliphatic hydroxyl groups excluding tert-OH is 1. The van der Waals surface area contributed by atoms with Crippen LogP contribution in [0.5, 0.6) is 11.5 Å². The van der Waals surface area contributed by atoms with Crippen LogP contribution in [-0.4, -0.2) is 61.3 Å². The normalized spacial score (nSPS) is 14.6. The summed E-state index contributed by atoms with van der Waals surface area (Å²) in [4.78, 5) is 11.2. The molecule has 0 radical (unpaired) electrons.